The second-order valence-electron chi connectivity index (χ2n) is 16.0. The van der Waals surface area contributed by atoms with Crippen molar-refractivity contribution in [1.29, 1.82) is 0 Å². The molecule has 6 heteroatoms. The Hall–Kier alpha value is -8.06. The number of rotatable bonds is 4. The molecule has 0 radical (unpaired) electrons. The van der Waals surface area contributed by atoms with Crippen LogP contribution in [0.5, 0.6) is 0 Å². The number of aromatic nitrogens is 4. The molecular formula is C56H32N4OS. The van der Waals surface area contributed by atoms with Gasteiger partial charge in [-0.1, -0.05) is 152 Å². The average Bonchev–Trinajstić information content (AvgIpc) is 4.09. The molecule has 14 aromatic rings. The van der Waals surface area contributed by atoms with E-state index in [2.05, 4.69) is 203 Å². The van der Waals surface area contributed by atoms with Crippen LogP contribution >= 0.6 is 11.3 Å². The molecule has 0 aliphatic rings. The number of para-hydroxylation sites is 5. The summed E-state index contributed by atoms with van der Waals surface area (Å²) in [6.07, 6.45) is 0. The standard InChI is InChI=1S/C56H32N4OS/c1-2-15-35(16-3-1)59-44-25-10-6-20-41(44)50-52-48(49-42-21-7-12-27-46(42)61-54(49)53(50)59)40-19-5-11-26-45(40)60(52)56-57-43-24-9-4-18-39(43)51(58-56)34-31-29-33(30-32-34)36-22-14-23-38-37-17-8-13-28-47(37)62-55(36)38/h1-32H. The SMILES string of the molecule is c1ccc(-n2c3ccccc3c3c2c2oc4ccccc4c2c2c4ccccc4n(-c4nc(-c5ccc(-c6cccc7c6sc6ccccc67)cc5)c5ccccc5n4)c23)cc1. The van der Waals surface area contributed by atoms with Gasteiger partial charge in [0, 0.05) is 69.1 Å². The normalized spacial score (nSPS) is 12.2. The van der Waals surface area contributed by atoms with E-state index in [0.29, 0.717) is 5.95 Å². The molecule has 0 saturated heterocycles. The monoisotopic (exact) mass is 808 g/mol. The molecule has 0 spiro atoms. The summed E-state index contributed by atoms with van der Waals surface area (Å²) in [4.78, 5) is 11.0. The van der Waals surface area contributed by atoms with E-state index in [4.69, 9.17) is 14.4 Å². The number of fused-ring (bicyclic) bond motifs is 16. The summed E-state index contributed by atoms with van der Waals surface area (Å²) in [6.45, 7) is 0. The summed E-state index contributed by atoms with van der Waals surface area (Å²) in [6, 6.07) is 69.1. The van der Waals surface area contributed by atoms with Crippen LogP contribution < -0.4 is 0 Å². The molecule has 0 atom stereocenters. The molecule has 0 saturated carbocycles. The molecule has 0 unspecified atom stereocenters. The lowest BCUT2D eigenvalue weighted by atomic mass is 9.99. The van der Waals surface area contributed by atoms with E-state index in [1.165, 1.54) is 31.3 Å². The number of furan rings is 1. The quantitative estimate of drug-likeness (QED) is 0.178. The topological polar surface area (TPSA) is 48.8 Å². The number of hydrogen-bond acceptors (Lipinski definition) is 4. The third-order valence-electron chi connectivity index (χ3n) is 12.7. The zero-order valence-corrected chi connectivity index (χ0v) is 33.9. The van der Waals surface area contributed by atoms with Gasteiger partial charge in [-0.05, 0) is 53.6 Å². The van der Waals surface area contributed by atoms with Crippen LogP contribution in [0, 0.1) is 0 Å². The Morgan fingerprint density at radius 2 is 1.05 bits per heavy atom. The van der Waals surface area contributed by atoms with Crippen LogP contribution in [0.2, 0.25) is 0 Å². The largest absolute Gasteiger partial charge is 0.454 e. The zero-order valence-electron chi connectivity index (χ0n) is 33.1. The fourth-order valence-corrected chi connectivity index (χ4v) is 11.3. The van der Waals surface area contributed by atoms with Crippen LogP contribution in [-0.4, -0.2) is 19.1 Å². The molecule has 5 aromatic heterocycles. The van der Waals surface area contributed by atoms with Gasteiger partial charge in [0.25, 0.3) is 0 Å². The van der Waals surface area contributed by atoms with Crippen molar-refractivity contribution in [3.63, 3.8) is 0 Å². The van der Waals surface area contributed by atoms with E-state index >= 15 is 0 Å². The fraction of sp³-hybridized carbons (Fsp3) is 0. The van der Waals surface area contributed by atoms with Gasteiger partial charge in [-0.2, -0.15) is 0 Å². The molecule has 14 rings (SSSR count). The van der Waals surface area contributed by atoms with Crippen LogP contribution in [0.15, 0.2) is 199 Å². The van der Waals surface area contributed by atoms with E-state index in [1.54, 1.807) is 0 Å². The van der Waals surface area contributed by atoms with Crippen molar-refractivity contribution in [2.75, 3.05) is 0 Å². The second kappa shape index (κ2) is 12.7. The third kappa shape index (κ3) is 4.61. The van der Waals surface area contributed by atoms with Gasteiger partial charge in [-0.3, -0.25) is 4.57 Å². The Morgan fingerprint density at radius 1 is 0.419 bits per heavy atom. The zero-order chi connectivity index (χ0) is 40.5. The van der Waals surface area contributed by atoms with Gasteiger partial charge in [-0.15, -0.1) is 11.3 Å². The molecule has 0 fully saturated rings. The highest BCUT2D eigenvalue weighted by molar-refractivity contribution is 7.26. The maximum absolute atomic E-state index is 6.98. The maximum Gasteiger partial charge on any atom is 0.235 e. The van der Waals surface area contributed by atoms with Crippen molar-refractivity contribution in [3.05, 3.63) is 194 Å². The summed E-state index contributed by atoms with van der Waals surface area (Å²) in [5.41, 5.74) is 12.2. The fourth-order valence-electron chi connectivity index (χ4n) is 10.1. The predicted molar refractivity (Wildman–Crippen MR) is 259 cm³/mol. The Labute approximate surface area is 358 Å². The lowest BCUT2D eigenvalue weighted by Gasteiger charge is -2.13. The number of hydrogen-bond donors (Lipinski definition) is 0. The first-order valence-electron chi connectivity index (χ1n) is 20.9. The summed E-state index contributed by atoms with van der Waals surface area (Å²) >= 11 is 1.86. The first-order valence-corrected chi connectivity index (χ1v) is 21.7. The maximum atomic E-state index is 6.98. The van der Waals surface area contributed by atoms with Crippen molar-refractivity contribution < 1.29 is 4.42 Å². The smallest absolute Gasteiger partial charge is 0.235 e. The van der Waals surface area contributed by atoms with Gasteiger partial charge in [0.2, 0.25) is 5.95 Å². The van der Waals surface area contributed by atoms with E-state index in [-0.39, 0.29) is 0 Å². The van der Waals surface area contributed by atoms with Crippen molar-refractivity contribution in [1.82, 2.24) is 19.1 Å². The summed E-state index contributed by atoms with van der Waals surface area (Å²) < 4.78 is 14.3. The second-order valence-corrected chi connectivity index (χ2v) is 17.1. The van der Waals surface area contributed by atoms with Gasteiger partial charge in [0.15, 0.2) is 5.58 Å². The molecule has 0 aliphatic carbocycles. The molecule has 5 heterocycles. The molecule has 288 valence electrons. The lowest BCUT2D eigenvalue weighted by molar-refractivity contribution is 0.671. The lowest BCUT2D eigenvalue weighted by Crippen LogP contribution is -2.04. The van der Waals surface area contributed by atoms with E-state index in [1.807, 2.05) is 11.3 Å². The highest BCUT2D eigenvalue weighted by atomic mass is 32.1. The number of nitrogens with zero attached hydrogens (tertiary/aromatic N) is 4. The van der Waals surface area contributed by atoms with Crippen molar-refractivity contribution in [3.8, 4) is 34.0 Å². The minimum Gasteiger partial charge on any atom is -0.454 e. The van der Waals surface area contributed by atoms with Crippen LogP contribution in [0.1, 0.15) is 0 Å². The van der Waals surface area contributed by atoms with Gasteiger partial charge in [0.1, 0.15) is 5.58 Å². The van der Waals surface area contributed by atoms with E-state index in [9.17, 15) is 0 Å². The first kappa shape index (κ1) is 33.7. The molecule has 0 amide bonds. The highest BCUT2D eigenvalue weighted by Crippen LogP contribution is 2.49. The van der Waals surface area contributed by atoms with Crippen LogP contribution in [0.25, 0.3) is 131 Å². The average molecular weight is 809 g/mol. The summed E-state index contributed by atoms with van der Waals surface area (Å²) in [5, 5.41) is 10.2. The van der Waals surface area contributed by atoms with Gasteiger partial charge in [0.05, 0.1) is 33.3 Å². The van der Waals surface area contributed by atoms with Crippen molar-refractivity contribution >= 4 is 108 Å². The van der Waals surface area contributed by atoms with Crippen LogP contribution in [-0.2, 0) is 0 Å². The molecule has 9 aromatic carbocycles. The highest BCUT2D eigenvalue weighted by Gasteiger charge is 2.28. The van der Waals surface area contributed by atoms with Gasteiger partial charge >= 0.3 is 0 Å². The van der Waals surface area contributed by atoms with E-state index < -0.39 is 0 Å². The number of benzene rings is 9. The predicted octanol–water partition coefficient (Wildman–Crippen LogP) is 15.4. The van der Waals surface area contributed by atoms with Crippen molar-refractivity contribution in [2.24, 2.45) is 0 Å². The number of thiophene rings is 1. The van der Waals surface area contributed by atoms with Crippen LogP contribution in [0.3, 0.4) is 0 Å². The summed E-state index contributed by atoms with van der Waals surface area (Å²) in [5.74, 6) is 0.619. The summed E-state index contributed by atoms with van der Waals surface area (Å²) in [7, 11) is 0. The van der Waals surface area contributed by atoms with Gasteiger partial charge in [-0.25, -0.2) is 9.97 Å². The molecular weight excluding hydrogens is 777 g/mol. The Balaban J connectivity index is 1.08. The minimum atomic E-state index is 0.619. The Bertz CT molecular complexity index is 4150. The minimum absolute atomic E-state index is 0.619. The first-order chi connectivity index (χ1) is 30.8. The Morgan fingerprint density at radius 3 is 1.87 bits per heavy atom. The molecule has 0 N–H and O–H groups in total. The molecule has 5 nitrogen and oxygen atoms in total. The molecule has 62 heavy (non-hydrogen) atoms. The molecule has 0 aliphatic heterocycles. The van der Waals surface area contributed by atoms with Crippen molar-refractivity contribution in [2.45, 2.75) is 0 Å². The Kier molecular flexibility index (Phi) is 6.92. The third-order valence-corrected chi connectivity index (χ3v) is 13.9. The molecule has 0 bridgehead atoms. The van der Waals surface area contributed by atoms with E-state index in [0.717, 1.165) is 93.4 Å². The van der Waals surface area contributed by atoms with Crippen LogP contribution in [0.4, 0.5) is 0 Å². The van der Waals surface area contributed by atoms with Gasteiger partial charge < -0.3 is 8.98 Å².